The fourth-order valence-electron chi connectivity index (χ4n) is 2.66. The van der Waals surface area contributed by atoms with Crippen molar-refractivity contribution in [2.45, 2.75) is 71.3 Å². The minimum Gasteiger partial charge on any atom is -0.338 e. The summed E-state index contributed by atoms with van der Waals surface area (Å²) in [5.74, 6) is 1.94. The van der Waals surface area contributed by atoms with Crippen LogP contribution in [-0.2, 0) is 0 Å². The molecule has 1 saturated carbocycles. The Morgan fingerprint density at radius 3 is 2.67 bits per heavy atom. The average Bonchev–Trinajstić information content (AvgIpc) is 2.79. The van der Waals surface area contributed by atoms with Gasteiger partial charge >= 0.3 is 0 Å². The van der Waals surface area contributed by atoms with Crippen molar-refractivity contribution in [3.8, 4) is 0 Å². The van der Waals surface area contributed by atoms with Gasteiger partial charge in [0, 0.05) is 5.92 Å². The van der Waals surface area contributed by atoms with Gasteiger partial charge in [-0.25, -0.2) is 0 Å². The molecule has 1 fully saturated rings. The Bertz CT molecular complexity index is 376. The average molecular weight is 251 g/mol. The van der Waals surface area contributed by atoms with Crippen molar-refractivity contribution in [1.29, 1.82) is 0 Å². The Morgan fingerprint density at radius 2 is 2.06 bits per heavy atom. The molecule has 0 saturated heterocycles. The van der Waals surface area contributed by atoms with Crippen molar-refractivity contribution in [2.75, 3.05) is 0 Å². The standard InChI is InChI=1S/C14H25N3O/c1-4-5-11(15)13-16-12(17-18-13)10-6-8-14(2,3)9-7-10/h10-11H,4-9,15H2,1-3H3/t11-/m1/s1. The van der Waals surface area contributed by atoms with E-state index in [4.69, 9.17) is 10.3 Å². The molecule has 0 aliphatic heterocycles. The van der Waals surface area contributed by atoms with Crippen LogP contribution in [0.2, 0.25) is 0 Å². The van der Waals surface area contributed by atoms with E-state index in [1.807, 2.05) is 0 Å². The van der Waals surface area contributed by atoms with E-state index in [9.17, 15) is 0 Å². The summed E-state index contributed by atoms with van der Waals surface area (Å²) >= 11 is 0. The molecule has 18 heavy (non-hydrogen) atoms. The van der Waals surface area contributed by atoms with Crippen molar-refractivity contribution in [1.82, 2.24) is 10.1 Å². The lowest BCUT2D eigenvalue weighted by molar-refractivity contribution is 0.218. The quantitative estimate of drug-likeness (QED) is 0.888. The Labute approximate surface area is 109 Å². The smallest absolute Gasteiger partial charge is 0.243 e. The highest BCUT2D eigenvalue weighted by molar-refractivity contribution is 5.00. The third-order valence-corrected chi connectivity index (χ3v) is 4.08. The van der Waals surface area contributed by atoms with Crippen LogP contribution in [0.3, 0.4) is 0 Å². The molecule has 1 atom stereocenters. The Balaban J connectivity index is 1.98. The van der Waals surface area contributed by atoms with Crippen molar-refractivity contribution >= 4 is 0 Å². The Kier molecular flexibility index (Phi) is 4.05. The van der Waals surface area contributed by atoms with Crippen LogP contribution in [0.4, 0.5) is 0 Å². The molecule has 2 N–H and O–H groups in total. The molecule has 0 bridgehead atoms. The van der Waals surface area contributed by atoms with Crippen LogP contribution in [0.15, 0.2) is 4.52 Å². The largest absolute Gasteiger partial charge is 0.338 e. The highest BCUT2D eigenvalue weighted by atomic mass is 16.5. The monoisotopic (exact) mass is 251 g/mol. The summed E-state index contributed by atoms with van der Waals surface area (Å²) in [5, 5.41) is 4.12. The summed E-state index contributed by atoms with van der Waals surface area (Å²) in [7, 11) is 0. The van der Waals surface area contributed by atoms with E-state index in [-0.39, 0.29) is 6.04 Å². The van der Waals surface area contributed by atoms with Gasteiger partial charge in [-0.1, -0.05) is 32.3 Å². The number of nitrogens with zero attached hydrogens (tertiary/aromatic N) is 2. The minimum absolute atomic E-state index is 0.101. The fourth-order valence-corrected chi connectivity index (χ4v) is 2.66. The van der Waals surface area contributed by atoms with Crippen LogP contribution in [0.25, 0.3) is 0 Å². The van der Waals surface area contributed by atoms with E-state index in [0.717, 1.165) is 31.5 Å². The molecule has 1 aromatic heterocycles. The van der Waals surface area contributed by atoms with E-state index in [1.165, 1.54) is 12.8 Å². The minimum atomic E-state index is -0.101. The second-order valence-electron chi connectivity index (χ2n) is 6.32. The van der Waals surface area contributed by atoms with Gasteiger partial charge in [0.15, 0.2) is 5.82 Å². The first kappa shape index (κ1) is 13.5. The molecule has 102 valence electrons. The maximum absolute atomic E-state index is 6.00. The number of rotatable bonds is 4. The first-order valence-corrected chi connectivity index (χ1v) is 7.11. The zero-order valence-corrected chi connectivity index (χ0v) is 11.8. The van der Waals surface area contributed by atoms with Crippen LogP contribution in [0.1, 0.15) is 83.0 Å². The van der Waals surface area contributed by atoms with E-state index in [2.05, 4.69) is 30.9 Å². The zero-order chi connectivity index (χ0) is 13.2. The molecule has 0 aromatic carbocycles. The summed E-state index contributed by atoms with van der Waals surface area (Å²) in [6, 6.07) is -0.101. The molecular formula is C14H25N3O. The lowest BCUT2D eigenvalue weighted by atomic mass is 9.73. The van der Waals surface area contributed by atoms with Gasteiger partial charge < -0.3 is 10.3 Å². The predicted molar refractivity (Wildman–Crippen MR) is 71.1 cm³/mol. The molecular weight excluding hydrogens is 226 g/mol. The molecule has 1 aliphatic rings. The first-order chi connectivity index (χ1) is 8.52. The van der Waals surface area contributed by atoms with Gasteiger partial charge in [-0.2, -0.15) is 4.98 Å². The second-order valence-corrected chi connectivity index (χ2v) is 6.32. The molecule has 1 aromatic rings. The summed E-state index contributed by atoms with van der Waals surface area (Å²) in [6.45, 7) is 6.78. The van der Waals surface area contributed by atoms with Gasteiger partial charge in [0.25, 0.3) is 0 Å². The van der Waals surface area contributed by atoms with Crippen molar-refractivity contribution in [2.24, 2.45) is 11.1 Å². The molecule has 4 nitrogen and oxygen atoms in total. The van der Waals surface area contributed by atoms with E-state index >= 15 is 0 Å². The lowest BCUT2D eigenvalue weighted by Gasteiger charge is -2.32. The van der Waals surface area contributed by atoms with Gasteiger partial charge in [-0.05, 0) is 37.5 Å². The highest BCUT2D eigenvalue weighted by Crippen LogP contribution is 2.41. The van der Waals surface area contributed by atoms with Crippen LogP contribution >= 0.6 is 0 Å². The third-order valence-electron chi connectivity index (χ3n) is 4.08. The van der Waals surface area contributed by atoms with Crippen molar-refractivity contribution in [3.63, 3.8) is 0 Å². The lowest BCUT2D eigenvalue weighted by Crippen LogP contribution is -2.20. The summed E-state index contributed by atoms with van der Waals surface area (Å²) < 4.78 is 5.30. The van der Waals surface area contributed by atoms with Crippen molar-refractivity contribution < 1.29 is 4.52 Å². The maximum atomic E-state index is 6.00. The van der Waals surface area contributed by atoms with Crippen LogP contribution in [0, 0.1) is 5.41 Å². The number of hydrogen-bond donors (Lipinski definition) is 1. The van der Waals surface area contributed by atoms with E-state index in [0.29, 0.717) is 17.2 Å². The van der Waals surface area contributed by atoms with Gasteiger partial charge in [-0.15, -0.1) is 0 Å². The fraction of sp³-hybridized carbons (Fsp3) is 0.857. The predicted octanol–water partition coefficient (Wildman–Crippen LogP) is 3.55. The molecule has 0 radical (unpaired) electrons. The second kappa shape index (κ2) is 5.39. The van der Waals surface area contributed by atoms with Crippen LogP contribution in [0.5, 0.6) is 0 Å². The van der Waals surface area contributed by atoms with E-state index < -0.39 is 0 Å². The highest BCUT2D eigenvalue weighted by Gasteiger charge is 2.30. The number of nitrogens with two attached hydrogens (primary N) is 1. The van der Waals surface area contributed by atoms with Gasteiger partial charge in [0.05, 0.1) is 6.04 Å². The van der Waals surface area contributed by atoms with Gasteiger partial charge in [0.1, 0.15) is 0 Å². The SMILES string of the molecule is CCC[C@@H](N)c1nc(C2CCC(C)(C)CC2)no1. The number of hydrogen-bond acceptors (Lipinski definition) is 4. The van der Waals surface area contributed by atoms with Crippen molar-refractivity contribution in [3.05, 3.63) is 11.7 Å². The molecule has 1 heterocycles. The summed E-state index contributed by atoms with van der Waals surface area (Å²) in [4.78, 5) is 4.50. The Morgan fingerprint density at radius 1 is 1.39 bits per heavy atom. The molecule has 0 unspecified atom stereocenters. The Hall–Kier alpha value is -0.900. The maximum Gasteiger partial charge on any atom is 0.243 e. The topological polar surface area (TPSA) is 64.9 Å². The zero-order valence-electron chi connectivity index (χ0n) is 11.8. The van der Waals surface area contributed by atoms with Crippen LogP contribution in [-0.4, -0.2) is 10.1 Å². The molecule has 1 aliphatic carbocycles. The summed E-state index contributed by atoms with van der Waals surface area (Å²) in [5.41, 5.74) is 6.47. The third kappa shape index (κ3) is 3.10. The molecule has 0 spiro atoms. The summed E-state index contributed by atoms with van der Waals surface area (Å²) in [6.07, 6.45) is 6.74. The number of aromatic nitrogens is 2. The van der Waals surface area contributed by atoms with Gasteiger partial charge in [0.2, 0.25) is 5.89 Å². The van der Waals surface area contributed by atoms with Crippen LogP contribution < -0.4 is 5.73 Å². The molecule has 2 rings (SSSR count). The normalized spacial score (nSPS) is 22.0. The first-order valence-electron chi connectivity index (χ1n) is 7.11. The van der Waals surface area contributed by atoms with E-state index in [1.54, 1.807) is 0 Å². The van der Waals surface area contributed by atoms with Gasteiger partial charge in [-0.3, -0.25) is 0 Å². The molecule has 4 heteroatoms. The molecule has 0 amide bonds.